The Hall–Kier alpha value is -2.51. The maximum Gasteiger partial charge on any atom is 0.234 e. The van der Waals surface area contributed by atoms with Gasteiger partial charge in [-0.05, 0) is 24.3 Å². The normalized spacial score (nSPS) is 10.4. The van der Waals surface area contributed by atoms with Crippen molar-refractivity contribution in [1.82, 2.24) is 4.98 Å². The molecule has 3 N–H and O–H groups in total. The highest BCUT2D eigenvalue weighted by Gasteiger charge is 2.12. The zero-order valence-electron chi connectivity index (χ0n) is 13.6. The molecule has 1 amide bonds. The number of rotatable bonds is 6. The molecular formula is C18H17N3O2S2. The molecule has 3 rings (SSSR count). The lowest BCUT2D eigenvalue weighted by Crippen LogP contribution is -2.13. The number of methoxy groups -OCH3 is 1. The van der Waals surface area contributed by atoms with Crippen molar-refractivity contribution in [3.8, 4) is 17.0 Å². The number of nitrogens with one attached hydrogen (secondary N) is 1. The van der Waals surface area contributed by atoms with Gasteiger partial charge in [0.1, 0.15) is 16.4 Å². The van der Waals surface area contributed by atoms with E-state index in [1.54, 1.807) is 31.4 Å². The molecule has 1 heterocycles. The molecule has 0 atom stereocenters. The minimum atomic E-state index is -0.0924. The van der Waals surface area contributed by atoms with E-state index in [1.165, 1.54) is 23.1 Å². The maximum atomic E-state index is 12.1. The number of thiazole rings is 1. The highest BCUT2D eigenvalue weighted by Crippen LogP contribution is 2.35. The third-order valence-corrected chi connectivity index (χ3v) is 5.41. The molecule has 0 saturated heterocycles. The number of aromatic nitrogens is 1. The summed E-state index contributed by atoms with van der Waals surface area (Å²) >= 11 is 2.77. The van der Waals surface area contributed by atoms with Crippen molar-refractivity contribution in [2.24, 2.45) is 0 Å². The molecule has 0 bridgehead atoms. The van der Waals surface area contributed by atoms with Gasteiger partial charge in [-0.3, -0.25) is 4.79 Å². The molecule has 0 spiro atoms. The molecule has 0 fully saturated rings. The molecule has 2 aromatic carbocycles. The smallest absolute Gasteiger partial charge is 0.234 e. The number of carbonyl (C=O) groups is 1. The van der Waals surface area contributed by atoms with Crippen LogP contribution in [0.15, 0.2) is 58.9 Å². The lowest BCUT2D eigenvalue weighted by Gasteiger charge is -2.05. The van der Waals surface area contributed by atoms with Gasteiger partial charge in [-0.2, -0.15) is 0 Å². The summed E-state index contributed by atoms with van der Waals surface area (Å²) in [5.74, 6) is 0.928. The largest absolute Gasteiger partial charge is 0.497 e. The fourth-order valence-corrected chi connectivity index (χ4v) is 3.92. The van der Waals surface area contributed by atoms with Gasteiger partial charge in [0.2, 0.25) is 5.91 Å². The zero-order valence-corrected chi connectivity index (χ0v) is 15.2. The van der Waals surface area contributed by atoms with Crippen molar-refractivity contribution < 1.29 is 9.53 Å². The van der Waals surface area contributed by atoms with Gasteiger partial charge in [0, 0.05) is 11.3 Å². The Morgan fingerprint density at radius 3 is 2.60 bits per heavy atom. The molecule has 0 radical (unpaired) electrons. The van der Waals surface area contributed by atoms with Gasteiger partial charge in [0.25, 0.3) is 0 Å². The van der Waals surface area contributed by atoms with E-state index in [0.717, 1.165) is 27.0 Å². The van der Waals surface area contributed by atoms with Crippen LogP contribution in [0.4, 0.5) is 10.7 Å². The summed E-state index contributed by atoms with van der Waals surface area (Å²) < 4.78 is 5.87. The Morgan fingerprint density at radius 2 is 1.92 bits per heavy atom. The number of ether oxygens (including phenoxy) is 1. The van der Waals surface area contributed by atoms with Gasteiger partial charge in [-0.15, -0.1) is 0 Å². The van der Waals surface area contributed by atoms with Crippen molar-refractivity contribution in [1.29, 1.82) is 0 Å². The van der Waals surface area contributed by atoms with Gasteiger partial charge in [0.15, 0.2) is 4.34 Å². The summed E-state index contributed by atoms with van der Waals surface area (Å²) in [7, 11) is 1.60. The molecule has 0 saturated carbocycles. The average molecular weight is 371 g/mol. The van der Waals surface area contributed by atoms with Crippen molar-refractivity contribution in [3.05, 3.63) is 54.6 Å². The van der Waals surface area contributed by atoms with E-state index in [1.807, 2.05) is 30.3 Å². The number of hydrogen-bond donors (Lipinski definition) is 2. The van der Waals surface area contributed by atoms with Crippen LogP contribution in [-0.4, -0.2) is 23.8 Å². The standard InChI is InChI=1S/C18H17N3O2S2/c1-23-14-9-7-13(8-10-14)20-15(22)11-24-18-21-16(17(19)25-18)12-5-3-2-4-6-12/h2-10H,11,19H2,1H3,(H,20,22). The van der Waals surface area contributed by atoms with E-state index in [9.17, 15) is 4.79 Å². The van der Waals surface area contributed by atoms with Gasteiger partial charge in [0.05, 0.1) is 12.9 Å². The summed E-state index contributed by atoms with van der Waals surface area (Å²) in [6, 6.07) is 17.0. The summed E-state index contributed by atoms with van der Waals surface area (Å²) in [5.41, 5.74) is 8.54. The summed E-state index contributed by atoms with van der Waals surface area (Å²) in [5, 5.41) is 3.50. The molecule has 25 heavy (non-hydrogen) atoms. The fourth-order valence-electron chi connectivity index (χ4n) is 2.17. The van der Waals surface area contributed by atoms with E-state index >= 15 is 0 Å². The highest BCUT2D eigenvalue weighted by atomic mass is 32.2. The van der Waals surface area contributed by atoms with Crippen molar-refractivity contribution in [2.45, 2.75) is 4.34 Å². The molecule has 0 unspecified atom stereocenters. The van der Waals surface area contributed by atoms with Crippen LogP contribution in [0.1, 0.15) is 0 Å². The van der Waals surface area contributed by atoms with Crippen LogP contribution >= 0.6 is 23.1 Å². The second-order valence-corrected chi connectivity index (χ2v) is 7.38. The second kappa shape index (κ2) is 8.04. The molecule has 0 aliphatic heterocycles. The number of anilines is 2. The molecule has 0 aliphatic rings. The minimum absolute atomic E-state index is 0.0924. The number of nitrogen functional groups attached to an aromatic ring is 1. The van der Waals surface area contributed by atoms with Crippen LogP contribution in [0, 0.1) is 0 Å². The second-order valence-electron chi connectivity index (χ2n) is 5.12. The van der Waals surface area contributed by atoms with E-state index in [4.69, 9.17) is 10.5 Å². The molecule has 0 aliphatic carbocycles. The predicted molar refractivity (Wildman–Crippen MR) is 104 cm³/mol. The number of nitrogens with two attached hydrogens (primary N) is 1. The summed E-state index contributed by atoms with van der Waals surface area (Å²) in [6.07, 6.45) is 0. The number of thioether (sulfide) groups is 1. The van der Waals surface area contributed by atoms with E-state index in [-0.39, 0.29) is 11.7 Å². The first-order chi connectivity index (χ1) is 12.2. The Labute approximate surface area is 154 Å². The number of hydrogen-bond acceptors (Lipinski definition) is 6. The van der Waals surface area contributed by atoms with Crippen LogP contribution in [0.25, 0.3) is 11.3 Å². The first kappa shape index (κ1) is 17.3. The Bertz CT molecular complexity index is 849. The fraction of sp³-hybridized carbons (Fsp3) is 0.111. The van der Waals surface area contributed by atoms with Crippen LogP contribution in [-0.2, 0) is 4.79 Å². The quantitative estimate of drug-likeness (QED) is 0.637. The van der Waals surface area contributed by atoms with Crippen LogP contribution in [0.2, 0.25) is 0 Å². The Morgan fingerprint density at radius 1 is 1.20 bits per heavy atom. The minimum Gasteiger partial charge on any atom is -0.497 e. The predicted octanol–water partition coefficient (Wildman–Crippen LogP) is 4.13. The Balaban J connectivity index is 1.59. The van der Waals surface area contributed by atoms with Crippen molar-refractivity contribution in [3.63, 3.8) is 0 Å². The molecule has 128 valence electrons. The van der Waals surface area contributed by atoms with E-state index in [0.29, 0.717) is 5.00 Å². The zero-order chi connectivity index (χ0) is 17.6. The molecule has 7 heteroatoms. The van der Waals surface area contributed by atoms with Gasteiger partial charge >= 0.3 is 0 Å². The third-order valence-electron chi connectivity index (χ3n) is 3.38. The molecule has 1 aromatic heterocycles. The third kappa shape index (κ3) is 4.52. The monoisotopic (exact) mass is 371 g/mol. The highest BCUT2D eigenvalue weighted by molar-refractivity contribution is 8.01. The van der Waals surface area contributed by atoms with Crippen molar-refractivity contribution >= 4 is 39.7 Å². The lowest BCUT2D eigenvalue weighted by molar-refractivity contribution is -0.113. The SMILES string of the molecule is COc1ccc(NC(=O)CSc2nc(-c3ccccc3)c(N)s2)cc1. The number of benzene rings is 2. The van der Waals surface area contributed by atoms with E-state index in [2.05, 4.69) is 10.3 Å². The van der Waals surface area contributed by atoms with Gasteiger partial charge in [-0.1, -0.05) is 53.4 Å². The lowest BCUT2D eigenvalue weighted by atomic mass is 10.2. The molecular weight excluding hydrogens is 354 g/mol. The van der Waals surface area contributed by atoms with Crippen LogP contribution in [0.5, 0.6) is 5.75 Å². The first-order valence-electron chi connectivity index (χ1n) is 7.54. The number of amides is 1. The number of carbonyl (C=O) groups excluding carboxylic acids is 1. The van der Waals surface area contributed by atoms with Crippen molar-refractivity contribution in [2.75, 3.05) is 23.9 Å². The van der Waals surface area contributed by atoms with E-state index < -0.39 is 0 Å². The van der Waals surface area contributed by atoms with Gasteiger partial charge < -0.3 is 15.8 Å². The molecule has 3 aromatic rings. The van der Waals surface area contributed by atoms with Gasteiger partial charge in [-0.25, -0.2) is 4.98 Å². The topological polar surface area (TPSA) is 77.2 Å². The summed E-state index contributed by atoms with van der Waals surface area (Å²) in [6.45, 7) is 0. The first-order valence-corrected chi connectivity index (χ1v) is 9.34. The molecule has 5 nitrogen and oxygen atoms in total. The maximum absolute atomic E-state index is 12.1. The summed E-state index contributed by atoms with van der Waals surface area (Å²) in [4.78, 5) is 16.6. The average Bonchev–Trinajstić information content (AvgIpc) is 3.02. The Kier molecular flexibility index (Phi) is 5.57. The van der Waals surface area contributed by atoms with Crippen LogP contribution in [0.3, 0.4) is 0 Å². The number of nitrogens with zero attached hydrogens (tertiary/aromatic N) is 1. The van der Waals surface area contributed by atoms with Crippen LogP contribution < -0.4 is 15.8 Å².